The molecule has 0 saturated carbocycles. The van der Waals surface area contributed by atoms with Gasteiger partial charge in [0, 0.05) is 20.9 Å². The van der Waals surface area contributed by atoms with Gasteiger partial charge in [0.1, 0.15) is 52.0 Å². The number of aromatic nitrogens is 4. The minimum Gasteiger partial charge on any atom is -0.477 e. The molecular formula is C56H33N9O9S2. The second kappa shape index (κ2) is 22.7. The fraction of sp³-hybridized carbons (Fsp3) is 0. The van der Waals surface area contributed by atoms with Crippen LogP contribution in [-0.4, -0.2) is 53.9 Å². The highest BCUT2D eigenvalue weighted by atomic mass is 32.1. The molecule has 1 aliphatic heterocycles. The number of carboxylic acid groups (broad SMARTS) is 3. The third-order valence-corrected chi connectivity index (χ3v) is 13.3. The Morgan fingerprint density at radius 3 is 1.50 bits per heavy atom. The molecule has 20 heteroatoms. The van der Waals surface area contributed by atoms with Gasteiger partial charge in [-0.05, 0) is 120 Å². The molecule has 76 heavy (non-hydrogen) atoms. The molecule has 0 unspecified atom stereocenters. The number of nitrogens with one attached hydrogen (secondary N) is 1. The van der Waals surface area contributed by atoms with Crippen LogP contribution in [0.4, 0.5) is 5.69 Å². The van der Waals surface area contributed by atoms with E-state index in [-0.39, 0.29) is 16.8 Å². The normalized spacial score (nSPS) is 12.3. The van der Waals surface area contributed by atoms with Crippen molar-refractivity contribution >= 4 is 103 Å². The first-order chi connectivity index (χ1) is 37.0. The molecule has 0 atom stereocenters. The van der Waals surface area contributed by atoms with Crippen molar-refractivity contribution in [3.05, 3.63) is 195 Å². The molecule has 1 aliphatic rings. The monoisotopic (exact) mass is 1040 g/mol. The Labute approximate surface area is 437 Å². The van der Waals surface area contributed by atoms with E-state index in [1.165, 1.54) is 34.8 Å². The SMILES string of the molecule is N#C/C(=C\c1ccc(-c2nonc2-c2ccc3ccccc3c2)s1)C(=O)O.N#C/C(=C\c1ccc(C2=CN(c3ccc4ccccc4c3)ON2)s1)C(=O)O.N#C/C(=C\c1nonc1-c1ccc2ccccc2c1)C(=O)O. The summed E-state index contributed by atoms with van der Waals surface area (Å²) in [5.41, 5.74) is 6.82. The van der Waals surface area contributed by atoms with E-state index in [9.17, 15) is 14.4 Å². The van der Waals surface area contributed by atoms with E-state index < -0.39 is 23.5 Å². The molecule has 4 aromatic heterocycles. The zero-order valence-corrected chi connectivity index (χ0v) is 40.6. The Hall–Kier alpha value is -10.8. The number of anilines is 1. The first kappa shape index (κ1) is 50.1. The Kier molecular flexibility index (Phi) is 15.0. The third-order valence-electron chi connectivity index (χ3n) is 11.2. The molecule has 0 saturated heterocycles. The average Bonchev–Trinajstić information content (AvgIpc) is 4.32. The number of thiophene rings is 2. The van der Waals surface area contributed by atoms with E-state index in [0.717, 1.165) is 70.7 Å². The molecule has 368 valence electrons. The summed E-state index contributed by atoms with van der Waals surface area (Å²) < 4.78 is 9.65. The molecule has 4 N–H and O–H groups in total. The van der Waals surface area contributed by atoms with Crippen LogP contribution in [-0.2, 0) is 19.3 Å². The number of carbonyl (C=O) groups is 3. The van der Waals surface area contributed by atoms with E-state index in [1.54, 1.807) is 41.5 Å². The van der Waals surface area contributed by atoms with Crippen molar-refractivity contribution in [3.8, 4) is 51.3 Å². The van der Waals surface area contributed by atoms with Crippen LogP contribution in [0.3, 0.4) is 0 Å². The highest BCUT2D eigenvalue weighted by Crippen LogP contribution is 2.36. The number of hydrogen-bond donors (Lipinski definition) is 4. The van der Waals surface area contributed by atoms with Crippen LogP contribution < -0.4 is 10.5 Å². The minimum absolute atomic E-state index is 0.203. The number of nitriles is 3. The molecule has 5 heterocycles. The number of nitrogens with zero attached hydrogens (tertiary/aromatic N) is 8. The quantitative estimate of drug-likeness (QED) is 0.0691. The highest BCUT2D eigenvalue weighted by molar-refractivity contribution is 7.16. The largest absolute Gasteiger partial charge is 0.477 e. The molecular weight excluding hydrogens is 1010 g/mol. The van der Waals surface area contributed by atoms with Gasteiger partial charge in [-0.3, -0.25) is 0 Å². The fourth-order valence-corrected chi connectivity index (χ4v) is 9.35. The van der Waals surface area contributed by atoms with Gasteiger partial charge >= 0.3 is 17.9 Å². The van der Waals surface area contributed by atoms with Crippen LogP contribution in [0.15, 0.2) is 184 Å². The van der Waals surface area contributed by atoms with Crippen molar-refractivity contribution < 1.29 is 43.9 Å². The molecule has 18 nitrogen and oxygen atoms in total. The third kappa shape index (κ3) is 11.4. The number of carboxylic acids is 3. The summed E-state index contributed by atoms with van der Waals surface area (Å²) in [5.74, 6) is -3.82. The van der Waals surface area contributed by atoms with E-state index in [0.29, 0.717) is 26.8 Å². The standard InChI is InChI=1S/C20H13N3O3S.C20H11N3O3S.C16H9N3O3/c21-11-15(20(24)25)10-17-7-8-19(27-17)18-12-23(26-22-18)16-6-5-13-3-1-2-4-14(13)9-16;21-11-15(20(24)25)10-16-7-8-17(27-16)19-18(22-26-23-19)14-6-5-12-3-1-2-4-13(12)9-14;17-9-13(16(20)21)8-14-15(19-22-18-14)12-6-5-10-3-1-2-4-11(10)7-12/h1-10,12,22H,(H,24,25);1-10H,(H,24,25);1-8H,(H,20,21)/b2*15-10+;13-8+. The number of fused-ring (bicyclic) bond motifs is 3. The van der Waals surface area contributed by atoms with Crippen molar-refractivity contribution in [2.24, 2.45) is 0 Å². The van der Waals surface area contributed by atoms with Gasteiger partial charge in [0.2, 0.25) is 0 Å². The van der Waals surface area contributed by atoms with Gasteiger partial charge in [-0.1, -0.05) is 103 Å². The molecule has 6 aromatic carbocycles. The van der Waals surface area contributed by atoms with Crippen LogP contribution in [0, 0.1) is 34.0 Å². The second-order valence-corrected chi connectivity index (χ2v) is 18.2. The zero-order chi connectivity index (χ0) is 53.1. The molecule has 10 aromatic rings. The number of benzene rings is 6. The maximum absolute atomic E-state index is 11.0. The lowest BCUT2D eigenvalue weighted by molar-refractivity contribution is -0.133. The lowest BCUT2D eigenvalue weighted by atomic mass is 10.0. The summed E-state index contributed by atoms with van der Waals surface area (Å²) in [6.07, 6.45) is 5.66. The lowest BCUT2D eigenvalue weighted by Crippen LogP contribution is -2.16. The minimum atomic E-state index is -1.32. The van der Waals surface area contributed by atoms with Gasteiger partial charge < -0.3 is 15.3 Å². The van der Waals surface area contributed by atoms with Crippen molar-refractivity contribution in [1.29, 1.82) is 15.8 Å². The van der Waals surface area contributed by atoms with Crippen LogP contribution >= 0.6 is 22.7 Å². The van der Waals surface area contributed by atoms with Crippen molar-refractivity contribution in [3.63, 3.8) is 0 Å². The topological polar surface area (TPSA) is 286 Å². The summed E-state index contributed by atoms with van der Waals surface area (Å²) >= 11 is 2.67. The summed E-state index contributed by atoms with van der Waals surface area (Å²) in [7, 11) is 0. The Morgan fingerprint density at radius 1 is 0.500 bits per heavy atom. The molecule has 0 aliphatic carbocycles. The molecule has 11 rings (SSSR count). The maximum Gasteiger partial charge on any atom is 0.346 e. The molecule has 0 spiro atoms. The first-order valence-electron chi connectivity index (χ1n) is 22.3. The van der Waals surface area contributed by atoms with Gasteiger partial charge in [0.05, 0.1) is 27.3 Å². The predicted octanol–water partition coefficient (Wildman–Crippen LogP) is 11.6. The number of aliphatic carboxylic acids is 3. The summed E-state index contributed by atoms with van der Waals surface area (Å²) in [5, 5.41) is 77.1. The Bertz CT molecular complexity index is 4150. The van der Waals surface area contributed by atoms with Crippen molar-refractivity contribution in [2.45, 2.75) is 0 Å². The number of hydroxylamine groups is 2. The van der Waals surface area contributed by atoms with Gasteiger partial charge in [-0.15, -0.1) is 22.7 Å². The van der Waals surface area contributed by atoms with E-state index in [1.807, 2.05) is 134 Å². The second-order valence-electron chi connectivity index (χ2n) is 16.0. The van der Waals surface area contributed by atoms with E-state index >= 15 is 0 Å². The van der Waals surface area contributed by atoms with Crippen LogP contribution in [0.2, 0.25) is 0 Å². The zero-order valence-electron chi connectivity index (χ0n) is 38.9. The molecule has 0 amide bonds. The van der Waals surface area contributed by atoms with Crippen LogP contribution in [0.5, 0.6) is 0 Å². The summed E-state index contributed by atoms with van der Waals surface area (Å²) in [6.45, 7) is 0. The number of rotatable bonds is 11. The van der Waals surface area contributed by atoms with Crippen molar-refractivity contribution in [2.75, 3.05) is 5.06 Å². The number of hydrogen-bond acceptors (Lipinski definition) is 17. The van der Waals surface area contributed by atoms with Crippen molar-refractivity contribution in [1.82, 2.24) is 26.1 Å². The molecule has 0 fully saturated rings. The van der Waals surface area contributed by atoms with Crippen LogP contribution in [0.1, 0.15) is 20.3 Å². The average molecular weight is 1040 g/mol. The van der Waals surface area contributed by atoms with Crippen LogP contribution in [0.25, 0.3) is 89.3 Å². The van der Waals surface area contributed by atoms with Gasteiger partial charge in [0.25, 0.3) is 0 Å². The van der Waals surface area contributed by atoms with E-state index in [4.69, 9.17) is 45.3 Å². The first-order valence-corrected chi connectivity index (χ1v) is 23.9. The molecule has 0 bridgehead atoms. The Balaban J connectivity index is 0.000000140. The summed E-state index contributed by atoms with van der Waals surface area (Å²) in [6, 6.07) is 53.7. The summed E-state index contributed by atoms with van der Waals surface area (Å²) in [4.78, 5) is 41.3. The van der Waals surface area contributed by atoms with E-state index in [2.05, 4.69) is 32.2 Å². The smallest absolute Gasteiger partial charge is 0.346 e. The predicted molar refractivity (Wildman–Crippen MR) is 284 cm³/mol. The van der Waals surface area contributed by atoms with Gasteiger partial charge in [-0.2, -0.15) is 20.7 Å². The maximum atomic E-state index is 11.0. The highest BCUT2D eigenvalue weighted by Gasteiger charge is 2.20. The molecule has 0 radical (unpaired) electrons. The Morgan fingerprint density at radius 2 is 0.947 bits per heavy atom. The fourth-order valence-electron chi connectivity index (χ4n) is 7.51. The van der Waals surface area contributed by atoms with Gasteiger partial charge in [-0.25, -0.2) is 34.2 Å². The van der Waals surface area contributed by atoms with Gasteiger partial charge in [0.15, 0.2) is 5.69 Å². The lowest BCUT2D eigenvalue weighted by Gasteiger charge is -2.13.